The first-order chi connectivity index (χ1) is 9.17. The number of halogens is 2. The normalized spacial score (nSPS) is 17.8. The monoisotopic (exact) mass is 299 g/mol. The highest BCUT2D eigenvalue weighted by molar-refractivity contribution is 6.37. The molecule has 0 amide bonds. The van der Waals surface area contributed by atoms with E-state index in [0.717, 1.165) is 31.7 Å². The maximum absolute atomic E-state index is 9.41. The third kappa shape index (κ3) is 3.13. The van der Waals surface area contributed by atoms with E-state index in [1.54, 1.807) is 12.1 Å². The molecule has 0 radical (unpaired) electrons. The maximum atomic E-state index is 9.41. The molecule has 0 spiro atoms. The fourth-order valence-corrected chi connectivity index (χ4v) is 2.90. The summed E-state index contributed by atoms with van der Waals surface area (Å²) in [6.45, 7) is 3.44. The van der Waals surface area contributed by atoms with Crippen LogP contribution < -0.4 is 10.1 Å². The summed E-state index contributed by atoms with van der Waals surface area (Å²) < 4.78 is 5.12. The highest BCUT2D eigenvalue weighted by atomic mass is 35.5. The van der Waals surface area contributed by atoms with Crippen LogP contribution in [0.2, 0.25) is 10.0 Å². The first-order valence-corrected chi connectivity index (χ1v) is 6.80. The van der Waals surface area contributed by atoms with Crippen LogP contribution in [0.25, 0.3) is 0 Å². The average Bonchev–Trinajstić information content (AvgIpc) is 2.40. The Balaban J connectivity index is 2.31. The van der Waals surface area contributed by atoms with Crippen molar-refractivity contribution in [3.05, 3.63) is 27.7 Å². The van der Waals surface area contributed by atoms with Gasteiger partial charge in [0.1, 0.15) is 6.04 Å². The smallest absolute Gasteiger partial charge is 0.156 e. The molecule has 0 aromatic heterocycles. The van der Waals surface area contributed by atoms with E-state index in [1.165, 1.54) is 7.11 Å². The van der Waals surface area contributed by atoms with Crippen LogP contribution >= 0.6 is 23.2 Å². The van der Waals surface area contributed by atoms with Gasteiger partial charge in [-0.3, -0.25) is 4.90 Å². The molecule has 4 nitrogen and oxygen atoms in total. The summed E-state index contributed by atoms with van der Waals surface area (Å²) in [5.41, 5.74) is 0.806. The molecule has 1 aromatic rings. The SMILES string of the molecule is COc1c(Cl)cc(C(C#N)N2CCNCC2)cc1Cl. The van der Waals surface area contributed by atoms with E-state index in [4.69, 9.17) is 27.9 Å². The molecule has 19 heavy (non-hydrogen) atoms. The van der Waals surface area contributed by atoms with Crippen molar-refractivity contribution in [2.24, 2.45) is 0 Å². The quantitative estimate of drug-likeness (QED) is 0.931. The van der Waals surface area contributed by atoms with Crippen LogP contribution in [0.5, 0.6) is 5.75 Å². The third-order valence-corrected chi connectivity index (χ3v) is 3.74. The van der Waals surface area contributed by atoms with Crippen LogP contribution in [0.1, 0.15) is 11.6 Å². The number of piperazine rings is 1. The highest BCUT2D eigenvalue weighted by Gasteiger charge is 2.23. The van der Waals surface area contributed by atoms with E-state index in [-0.39, 0.29) is 6.04 Å². The van der Waals surface area contributed by atoms with Gasteiger partial charge in [0, 0.05) is 26.2 Å². The Bertz CT molecular complexity index is 472. The number of hydrogen-bond donors (Lipinski definition) is 1. The Labute approximate surface area is 122 Å². The number of nitrogens with one attached hydrogen (secondary N) is 1. The van der Waals surface area contributed by atoms with Gasteiger partial charge in [0.05, 0.1) is 23.2 Å². The lowest BCUT2D eigenvalue weighted by atomic mass is 10.1. The summed E-state index contributed by atoms with van der Waals surface area (Å²) in [5, 5.41) is 13.5. The molecule has 1 N–H and O–H groups in total. The number of methoxy groups -OCH3 is 1. The van der Waals surface area contributed by atoms with Crippen molar-refractivity contribution < 1.29 is 4.74 Å². The van der Waals surface area contributed by atoms with Crippen molar-refractivity contribution in [2.75, 3.05) is 33.3 Å². The van der Waals surface area contributed by atoms with Crippen LogP contribution in [0.3, 0.4) is 0 Å². The molecular weight excluding hydrogens is 285 g/mol. The Morgan fingerprint density at radius 1 is 1.32 bits per heavy atom. The summed E-state index contributed by atoms with van der Waals surface area (Å²) in [7, 11) is 1.52. The topological polar surface area (TPSA) is 48.3 Å². The Morgan fingerprint density at radius 3 is 2.37 bits per heavy atom. The van der Waals surface area contributed by atoms with Gasteiger partial charge in [-0.15, -0.1) is 0 Å². The van der Waals surface area contributed by atoms with Crippen LogP contribution in [0.4, 0.5) is 0 Å². The molecule has 1 aliphatic rings. The zero-order valence-electron chi connectivity index (χ0n) is 10.6. The molecular formula is C13H15Cl2N3O. The minimum absolute atomic E-state index is 0.331. The van der Waals surface area contributed by atoms with E-state index in [2.05, 4.69) is 16.3 Å². The largest absolute Gasteiger partial charge is 0.494 e. The predicted molar refractivity (Wildman–Crippen MR) is 75.8 cm³/mol. The molecule has 1 aliphatic heterocycles. The van der Waals surface area contributed by atoms with Crippen molar-refractivity contribution in [3.63, 3.8) is 0 Å². The lowest BCUT2D eigenvalue weighted by Gasteiger charge is -2.31. The molecule has 1 heterocycles. The minimum atomic E-state index is -0.331. The second-order valence-corrected chi connectivity index (χ2v) is 5.15. The Kier molecular flexibility index (Phi) is 4.89. The number of nitrogens with zero attached hydrogens (tertiary/aromatic N) is 2. The van der Waals surface area contributed by atoms with Gasteiger partial charge in [-0.25, -0.2) is 0 Å². The molecule has 102 valence electrons. The summed E-state index contributed by atoms with van der Waals surface area (Å²) in [6.07, 6.45) is 0. The second-order valence-electron chi connectivity index (χ2n) is 4.34. The maximum Gasteiger partial charge on any atom is 0.156 e. The molecule has 1 saturated heterocycles. The number of rotatable bonds is 3. The first-order valence-electron chi connectivity index (χ1n) is 6.04. The molecule has 0 aliphatic carbocycles. The van der Waals surface area contributed by atoms with Crippen molar-refractivity contribution in [3.8, 4) is 11.8 Å². The number of nitriles is 1. The van der Waals surface area contributed by atoms with Gasteiger partial charge in [-0.2, -0.15) is 5.26 Å². The van der Waals surface area contributed by atoms with Gasteiger partial charge < -0.3 is 10.1 Å². The van der Waals surface area contributed by atoms with Crippen molar-refractivity contribution >= 4 is 23.2 Å². The molecule has 0 saturated carbocycles. The fraction of sp³-hybridized carbons (Fsp3) is 0.462. The van der Waals surface area contributed by atoms with Gasteiger partial charge in [-0.1, -0.05) is 23.2 Å². The average molecular weight is 300 g/mol. The molecule has 1 atom stereocenters. The summed E-state index contributed by atoms with van der Waals surface area (Å²) in [5.74, 6) is 0.448. The zero-order chi connectivity index (χ0) is 13.8. The summed E-state index contributed by atoms with van der Waals surface area (Å²) >= 11 is 12.3. The van der Waals surface area contributed by atoms with Crippen LogP contribution in [0.15, 0.2) is 12.1 Å². The van der Waals surface area contributed by atoms with Crippen LogP contribution in [0, 0.1) is 11.3 Å². The Hall–Kier alpha value is -0.990. The van der Waals surface area contributed by atoms with Crippen molar-refractivity contribution in [1.82, 2.24) is 10.2 Å². The van der Waals surface area contributed by atoms with E-state index in [9.17, 15) is 5.26 Å². The first kappa shape index (κ1) is 14.4. The molecule has 1 fully saturated rings. The van der Waals surface area contributed by atoms with E-state index in [0.29, 0.717) is 15.8 Å². The number of benzene rings is 1. The van der Waals surface area contributed by atoms with Gasteiger partial charge in [0.25, 0.3) is 0 Å². The molecule has 6 heteroatoms. The highest BCUT2D eigenvalue weighted by Crippen LogP contribution is 2.36. The fourth-order valence-electron chi connectivity index (χ4n) is 2.24. The van der Waals surface area contributed by atoms with Gasteiger partial charge >= 0.3 is 0 Å². The van der Waals surface area contributed by atoms with E-state index >= 15 is 0 Å². The van der Waals surface area contributed by atoms with Crippen LogP contribution in [-0.2, 0) is 0 Å². The number of ether oxygens (including phenoxy) is 1. The molecule has 1 unspecified atom stereocenters. The second kappa shape index (κ2) is 6.44. The predicted octanol–water partition coefficient (Wildman–Crippen LogP) is 2.47. The lowest BCUT2D eigenvalue weighted by Crippen LogP contribution is -2.44. The van der Waals surface area contributed by atoms with Crippen molar-refractivity contribution in [1.29, 1.82) is 5.26 Å². The molecule has 2 rings (SSSR count). The standard InChI is InChI=1S/C13H15Cl2N3O/c1-19-13-10(14)6-9(7-11(13)15)12(8-16)18-4-2-17-3-5-18/h6-7,12,17H,2-5H2,1H3. The molecule has 1 aromatic carbocycles. The minimum Gasteiger partial charge on any atom is -0.494 e. The van der Waals surface area contributed by atoms with Crippen molar-refractivity contribution in [2.45, 2.75) is 6.04 Å². The van der Waals surface area contributed by atoms with E-state index < -0.39 is 0 Å². The lowest BCUT2D eigenvalue weighted by molar-refractivity contribution is 0.207. The number of hydrogen-bond acceptors (Lipinski definition) is 4. The van der Waals surface area contributed by atoms with Crippen LogP contribution in [-0.4, -0.2) is 38.2 Å². The summed E-state index contributed by atoms with van der Waals surface area (Å²) in [4.78, 5) is 2.12. The van der Waals surface area contributed by atoms with E-state index in [1.807, 2.05) is 0 Å². The van der Waals surface area contributed by atoms with Gasteiger partial charge in [-0.05, 0) is 17.7 Å². The van der Waals surface area contributed by atoms with Gasteiger partial charge in [0.15, 0.2) is 5.75 Å². The van der Waals surface area contributed by atoms with Gasteiger partial charge in [0.2, 0.25) is 0 Å². The molecule has 0 bridgehead atoms. The third-order valence-electron chi connectivity index (χ3n) is 3.18. The summed E-state index contributed by atoms with van der Waals surface area (Å²) in [6, 6.07) is 5.49. The zero-order valence-corrected chi connectivity index (χ0v) is 12.1. The Morgan fingerprint density at radius 2 is 1.89 bits per heavy atom.